The standard InChI is InChI=1S/C4H9NO2.ClH/c6-4-1-2-5(7)3-4;/h4,6-7H,1-3H2;1H/t4-;/m1./s1. The van der Waals surface area contributed by atoms with Gasteiger partial charge in [-0.05, 0) is 6.42 Å². The molecule has 0 radical (unpaired) electrons. The maximum atomic E-state index is 8.70. The third-order valence-electron chi connectivity index (χ3n) is 1.14. The Morgan fingerprint density at radius 2 is 2.12 bits per heavy atom. The molecule has 1 aliphatic heterocycles. The molecule has 0 aliphatic carbocycles. The minimum atomic E-state index is -0.301. The fourth-order valence-corrected chi connectivity index (χ4v) is 0.724. The second-order valence-corrected chi connectivity index (χ2v) is 1.86. The Hall–Kier alpha value is 0.170. The molecule has 1 heterocycles. The number of aliphatic hydroxyl groups excluding tert-OH is 1. The maximum absolute atomic E-state index is 8.70. The van der Waals surface area contributed by atoms with Crippen molar-refractivity contribution in [3.8, 4) is 0 Å². The topological polar surface area (TPSA) is 43.7 Å². The molecular weight excluding hydrogens is 130 g/mol. The third-order valence-corrected chi connectivity index (χ3v) is 1.14. The Balaban J connectivity index is 0.000000490. The van der Waals surface area contributed by atoms with E-state index >= 15 is 0 Å². The Morgan fingerprint density at radius 1 is 1.50 bits per heavy atom. The highest BCUT2D eigenvalue weighted by atomic mass is 35.5. The first-order chi connectivity index (χ1) is 3.29. The van der Waals surface area contributed by atoms with Gasteiger partial charge in [-0.2, -0.15) is 5.06 Å². The highest BCUT2D eigenvalue weighted by molar-refractivity contribution is 5.85. The molecule has 0 aromatic rings. The summed E-state index contributed by atoms with van der Waals surface area (Å²) in [5.41, 5.74) is 0. The molecule has 1 atom stereocenters. The fraction of sp³-hybridized carbons (Fsp3) is 1.00. The van der Waals surface area contributed by atoms with Crippen LogP contribution in [0, 0.1) is 0 Å². The van der Waals surface area contributed by atoms with Gasteiger partial charge in [0.05, 0.1) is 6.10 Å². The van der Waals surface area contributed by atoms with Gasteiger partial charge in [0.15, 0.2) is 0 Å². The van der Waals surface area contributed by atoms with Crippen molar-refractivity contribution in [2.24, 2.45) is 0 Å². The van der Waals surface area contributed by atoms with Crippen LogP contribution < -0.4 is 0 Å². The summed E-state index contributed by atoms with van der Waals surface area (Å²) in [4.78, 5) is 0. The van der Waals surface area contributed by atoms with Crippen LogP contribution in [-0.2, 0) is 0 Å². The van der Waals surface area contributed by atoms with Crippen molar-refractivity contribution >= 4 is 12.4 Å². The minimum absolute atomic E-state index is 0. The van der Waals surface area contributed by atoms with Crippen LogP contribution in [-0.4, -0.2) is 34.6 Å². The van der Waals surface area contributed by atoms with Gasteiger partial charge in [0.1, 0.15) is 0 Å². The molecule has 1 fully saturated rings. The molecule has 0 aromatic heterocycles. The van der Waals surface area contributed by atoms with E-state index in [1.54, 1.807) is 0 Å². The molecule has 0 spiro atoms. The van der Waals surface area contributed by atoms with Gasteiger partial charge in [-0.15, -0.1) is 12.4 Å². The van der Waals surface area contributed by atoms with Gasteiger partial charge in [0, 0.05) is 13.1 Å². The average molecular weight is 140 g/mol. The lowest BCUT2D eigenvalue weighted by Gasteiger charge is -2.00. The van der Waals surface area contributed by atoms with E-state index in [0.29, 0.717) is 19.5 Å². The predicted octanol–water partition coefficient (Wildman–Crippen LogP) is -0.136. The van der Waals surface area contributed by atoms with E-state index in [0.717, 1.165) is 5.06 Å². The van der Waals surface area contributed by atoms with Crippen molar-refractivity contribution in [3.05, 3.63) is 0 Å². The molecule has 0 bridgehead atoms. The van der Waals surface area contributed by atoms with Crippen LogP contribution in [0.15, 0.2) is 0 Å². The Labute approximate surface area is 54.3 Å². The molecule has 1 aliphatic rings. The Kier molecular flexibility index (Phi) is 3.31. The normalized spacial score (nSPS) is 30.0. The van der Waals surface area contributed by atoms with Gasteiger partial charge in [0.25, 0.3) is 0 Å². The van der Waals surface area contributed by atoms with Gasteiger partial charge >= 0.3 is 0 Å². The van der Waals surface area contributed by atoms with Crippen LogP contribution in [0.1, 0.15) is 6.42 Å². The van der Waals surface area contributed by atoms with Crippen LogP contribution >= 0.6 is 12.4 Å². The van der Waals surface area contributed by atoms with Crippen LogP contribution in [0.3, 0.4) is 0 Å². The Morgan fingerprint density at radius 3 is 2.25 bits per heavy atom. The molecule has 0 aromatic carbocycles. The number of nitrogens with zero attached hydrogens (tertiary/aromatic N) is 1. The molecule has 3 nitrogen and oxygen atoms in total. The molecule has 8 heavy (non-hydrogen) atoms. The number of hydroxylamine groups is 2. The SMILES string of the molecule is Cl.O[C@@H]1CCN(O)C1. The summed E-state index contributed by atoms with van der Waals surface area (Å²) >= 11 is 0. The van der Waals surface area contributed by atoms with Gasteiger partial charge < -0.3 is 10.3 Å². The molecule has 0 unspecified atom stereocenters. The van der Waals surface area contributed by atoms with Crippen LogP contribution in [0.4, 0.5) is 0 Å². The summed E-state index contributed by atoms with van der Waals surface area (Å²) in [6, 6.07) is 0. The van der Waals surface area contributed by atoms with E-state index in [1.807, 2.05) is 0 Å². The van der Waals surface area contributed by atoms with E-state index in [4.69, 9.17) is 10.3 Å². The van der Waals surface area contributed by atoms with Crippen molar-refractivity contribution in [2.45, 2.75) is 12.5 Å². The summed E-state index contributed by atoms with van der Waals surface area (Å²) in [7, 11) is 0. The number of aliphatic hydroxyl groups is 1. The van der Waals surface area contributed by atoms with Crippen LogP contribution in [0.25, 0.3) is 0 Å². The highest BCUT2D eigenvalue weighted by Gasteiger charge is 2.16. The van der Waals surface area contributed by atoms with Crippen molar-refractivity contribution < 1.29 is 10.3 Å². The minimum Gasteiger partial charge on any atom is -0.392 e. The van der Waals surface area contributed by atoms with Gasteiger partial charge in [-0.1, -0.05) is 0 Å². The maximum Gasteiger partial charge on any atom is 0.0703 e. The number of hydrogen-bond donors (Lipinski definition) is 2. The molecule has 0 amide bonds. The van der Waals surface area contributed by atoms with E-state index in [2.05, 4.69) is 0 Å². The third kappa shape index (κ3) is 1.96. The largest absolute Gasteiger partial charge is 0.392 e. The predicted molar refractivity (Wildman–Crippen MR) is 31.2 cm³/mol. The quantitative estimate of drug-likeness (QED) is 0.491. The zero-order chi connectivity index (χ0) is 5.28. The van der Waals surface area contributed by atoms with Gasteiger partial charge in [-0.3, -0.25) is 0 Å². The fourth-order valence-electron chi connectivity index (χ4n) is 0.724. The Bertz CT molecular complexity index is 63.1. The van der Waals surface area contributed by atoms with Crippen LogP contribution in [0.5, 0.6) is 0 Å². The summed E-state index contributed by atoms with van der Waals surface area (Å²) in [5, 5.41) is 18.4. The first kappa shape index (κ1) is 8.17. The molecule has 1 saturated heterocycles. The van der Waals surface area contributed by atoms with Gasteiger partial charge in [-0.25, -0.2) is 0 Å². The number of hydrogen-bond acceptors (Lipinski definition) is 3. The lowest BCUT2D eigenvalue weighted by Crippen LogP contribution is -2.16. The van der Waals surface area contributed by atoms with Crippen molar-refractivity contribution in [1.82, 2.24) is 5.06 Å². The number of rotatable bonds is 0. The summed E-state index contributed by atoms with van der Waals surface area (Å²) in [5.74, 6) is 0. The molecule has 2 N–H and O–H groups in total. The van der Waals surface area contributed by atoms with Crippen molar-refractivity contribution in [3.63, 3.8) is 0 Å². The molecule has 0 saturated carbocycles. The molecule has 4 heteroatoms. The van der Waals surface area contributed by atoms with E-state index in [9.17, 15) is 0 Å². The zero-order valence-electron chi connectivity index (χ0n) is 4.45. The van der Waals surface area contributed by atoms with Crippen molar-refractivity contribution in [2.75, 3.05) is 13.1 Å². The van der Waals surface area contributed by atoms with E-state index < -0.39 is 0 Å². The lowest BCUT2D eigenvalue weighted by atomic mass is 10.3. The summed E-state index contributed by atoms with van der Waals surface area (Å²) < 4.78 is 0. The monoisotopic (exact) mass is 139 g/mol. The van der Waals surface area contributed by atoms with Crippen molar-refractivity contribution in [1.29, 1.82) is 0 Å². The number of β-amino-alcohol motifs (C(OH)–C–C–N with tert-alkyl or cyclic N) is 1. The molecule has 1 rings (SSSR count). The first-order valence-corrected chi connectivity index (χ1v) is 2.41. The van der Waals surface area contributed by atoms with E-state index in [-0.39, 0.29) is 18.5 Å². The lowest BCUT2D eigenvalue weighted by molar-refractivity contribution is -0.0759. The van der Waals surface area contributed by atoms with Gasteiger partial charge in [0.2, 0.25) is 0 Å². The second-order valence-electron chi connectivity index (χ2n) is 1.86. The smallest absolute Gasteiger partial charge is 0.0703 e. The molecular formula is C4H10ClNO2. The highest BCUT2D eigenvalue weighted by Crippen LogP contribution is 2.03. The van der Waals surface area contributed by atoms with E-state index in [1.165, 1.54) is 0 Å². The molecule has 50 valence electrons. The average Bonchev–Trinajstić information content (AvgIpc) is 1.87. The second kappa shape index (κ2) is 3.25. The number of halogens is 1. The summed E-state index contributed by atoms with van der Waals surface area (Å²) in [6.45, 7) is 1.03. The van der Waals surface area contributed by atoms with Crippen LogP contribution in [0.2, 0.25) is 0 Å². The first-order valence-electron chi connectivity index (χ1n) is 2.41. The zero-order valence-corrected chi connectivity index (χ0v) is 5.27. The summed E-state index contributed by atoms with van der Waals surface area (Å²) in [6.07, 6.45) is 0.404.